The predicted octanol–water partition coefficient (Wildman–Crippen LogP) is 1.34. The number of esters is 2. The molecule has 0 N–H and O–H groups in total. The Balaban J connectivity index is 1.86. The highest BCUT2D eigenvalue weighted by Gasteiger charge is 2.53. The number of fused-ring (bicyclic) bond motifs is 1. The summed E-state index contributed by atoms with van der Waals surface area (Å²) >= 11 is 0. The van der Waals surface area contributed by atoms with Crippen molar-refractivity contribution in [3.8, 4) is 0 Å². The third kappa shape index (κ3) is 4.04. The van der Waals surface area contributed by atoms with Gasteiger partial charge in [-0.1, -0.05) is 30.3 Å². The van der Waals surface area contributed by atoms with Gasteiger partial charge >= 0.3 is 11.9 Å². The molecule has 0 radical (unpaired) electrons. The Morgan fingerprint density at radius 1 is 1.00 bits per heavy atom. The molecule has 1 aromatic carbocycles. The molecule has 1 aromatic rings. The first kappa shape index (κ1) is 18.8. The Morgan fingerprint density at radius 3 is 2.27 bits per heavy atom. The number of hydrogen-bond donors (Lipinski definition) is 0. The summed E-state index contributed by atoms with van der Waals surface area (Å²) in [7, 11) is 1.42. The molecule has 0 saturated carbocycles. The molecule has 2 aliphatic rings. The van der Waals surface area contributed by atoms with E-state index in [2.05, 4.69) is 0 Å². The lowest BCUT2D eigenvalue weighted by molar-refractivity contribution is -0.359. The van der Waals surface area contributed by atoms with Gasteiger partial charge in [-0.05, 0) is 0 Å². The predicted molar refractivity (Wildman–Crippen MR) is 86.8 cm³/mol. The van der Waals surface area contributed by atoms with Gasteiger partial charge in [0.05, 0.1) is 6.61 Å². The Morgan fingerprint density at radius 2 is 1.65 bits per heavy atom. The van der Waals surface area contributed by atoms with Gasteiger partial charge in [-0.15, -0.1) is 0 Å². The van der Waals surface area contributed by atoms with Crippen LogP contribution in [0.25, 0.3) is 0 Å². The number of hydrogen-bond acceptors (Lipinski definition) is 8. The van der Waals surface area contributed by atoms with Crippen LogP contribution in [0.1, 0.15) is 25.7 Å². The molecule has 8 heteroatoms. The molecule has 26 heavy (non-hydrogen) atoms. The highest BCUT2D eigenvalue weighted by atomic mass is 16.8. The molecule has 8 nitrogen and oxygen atoms in total. The first-order valence-electron chi connectivity index (χ1n) is 8.34. The molecule has 0 unspecified atom stereocenters. The van der Waals surface area contributed by atoms with Gasteiger partial charge < -0.3 is 28.4 Å². The van der Waals surface area contributed by atoms with Crippen molar-refractivity contribution in [2.75, 3.05) is 13.7 Å². The first-order valence-corrected chi connectivity index (χ1v) is 8.34. The highest BCUT2D eigenvalue weighted by molar-refractivity contribution is 5.67. The Kier molecular flexibility index (Phi) is 5.87. The first-order chi connectivity index (χ1) is 12.5. The summed E-state index contributed by atoms with van der Waals surface area (Å²) in [5.74, 6) is -1.06. The van der Waals surface area contributed by atoms with Crippen LogP contribution in [0, 0.1) is 0 Å². The number of ether oxygens (including phenoxy) is 6. The van der Waals surface area contributed by atoms with E-state index in [1.54, 1.807) is 0 Å². The third-order valence-corrected chi connectivity index (χ3v) is 4.19. The summed E-state index contributed by atoms with van der Waals surface area (Å²) in [5.41, 5.74) is 0.824. The Labute approximate surface area is 151 Å². The van der Waals surface area contributed by atoms with E-state index in [0.29, 0.717) is 0 Å². The van der Waals surface area contributed by atoms with Crippen molar-refractivity contribution in [2.45, 2.75) is 50.8 Å². The highest BCUT2D eigenvalue weighted by Crippen LogP contribution is 2.36. The van der Waals surface area contributed by atoms with Crippen LogP contribution in [-0.2, 0) is 38.0 Å². The number of carbonyl (C=O) groups excluding carboxylic acids is 2. The van der Waals surface area contributed by atoms with E-state index in [1.165, 1.54) is 21.0 Å². The fraction of sp³-hybridized carbons (Fsp3) is 0.556. The molecule has 142 valence electrons. The minimum absolute atomic E-state index is 0.217. The van der Waals surface area contributed by atoms with E-state index >= 15 is 0 Å². The molecule has 0 aliphatic carbocycles. The molecular weight excluding hydrogens is 344 g/mol. The molecule has 2 aliphatic heterocycles. The van der Waals surface area contributed by atoms with Crippen molar-refractivity contribution in [3.63, 3.8) is 0 Å². The number of rotatable bonds is 4. The van der Waals surface area contributed by atoms with E-state index in [1.807, 2.05) is 30.3 Å². The van der Waals surface area contributed by atoms with Gasteiger partial charge in [-0.3, -0.25) is 9.59 Å². The number of methoxy groups -OCH3 is 1. The smallest absolute Gasteiger partial charge is 0.303 e. The van der Waals surface area contributed by atoms with E-state index < -0.39 is 48.9 Å². The van der Waals surface area contributed by atoms with E-state index in [9.17, 15) is 9.59 Å². The van der Waals surface area contributed by atoms with Crippen molar-refractivity contribution in [3.05, 3.63) is 35.9 Å². The summed E-state index contributed by atoms with van der Waals surface area (Å²) < 4.78 is 33.6. The molecule has 0 amide bonds. The van der Waals surface area contributed by atoms with Crippen LogP contribution in [0.2, 0.25) is 0 Å². The van der Waals surface area contributed by atoms with Crippen LogP contribution in [-0.4, -0.2) is 56.4 Å². The van der Waals surface area contributed by atoms with Crippen LogP contribution in [0.5, 0.6) is 0 Å². The van der Waals surface area contributed by atoms with Crippen molar-refractivity contribution in [1.82, 2.24) is 0 Å². The molecular formula is C18H22O8. The summed E-state index contributed by atoms with van der Waals surface area (Å²) in [6.45, 7) is 2.76. The van der Waals surface area contributed by atoms with E-state index in [0.717, 1.165) is 5.56 Å². The molecule has 0 spiro atoms. The molecule has 2 heterocycles. The molecule has 0 aromatic heterocycles. The maximum atomic E-state index is 11.6. The number of benzene rings is 1. The average molecular weight is 366 g/mol. The lowest BCUT2D eigenvalue weighted by Gasteiger charge is -2.47. The van der Waals surface area contributed by atoms with Crippen molar-refractivity contribution in [2.24, 2.45) is 0 Å². The summed E-state index contributed by atoms with van der Waals surface area (Å²) in [6, 6.07) is 9.38. The second kappa shape index (κ2) is 8.13. The van der Waals surface area contributed by atoms with Gasteiger partial charge in [0.1, 0.15) is 12.2 Å². The fourth-order valence-corrected chi connectivity index (χ4v) is 3.16. The maximum absolute atomic E-state index is 11.6. The van der Waals surface area contributed by atoms with Gasteiger partial charge in [0, 0.05) is 26.5 Å². The van der Waals surface area contributed by atoms with Crippen molar-refractivity contribution < 1.29 is 38.0 Å². The van der Waals surface area contributed by atoms with Crippen molar-refractivity contribution in [1.29, 1.82) is 0 Å². The van der Waals surface area contributed by atoms with Crippen LogP contribution >= 0.6 is 0 Å². The molecule has 0 bridgehead atoms. The van der Waals surface area contributed by atoms with Crippen LogP contribution in [0.4, 0.5) is 0 Å². The quantitative estimate of drug-likeness (QED) is 0.738. The molecule has 2 fully saturated rings. The topological polar surface area (TPSA) is 89.5 Å². The fourth-order valence-electron chi connectivity index (χ4n) is 3.16. The molecule has 2 saturated heterocycles. The van der Waals surface area contributed by atoms with E-state index in [4.69, 9.17) is 28.4 Å². The van der Waals surface area contributed by atoms with Crippen LogP contribution in [0.3, 0.4) is 0 Å². The Hall–Kier alpha value is -2.00. The monoisotopic (exact) mass is 366 g/mol. The van der Waals surface area contributed by atoms with Gasteiger partial charge in [-0.25, -0.2) is 0 Å². The lowest BCUT2D eigenvalue weighted by Crippen LogP contribution is -2.64. The average Bonchev–Trinajstić information content (AvgIpc) is 2.63. The number of carbonyl (C=O) groups is 2. The standard InChI is InChI=1S/C18H22O8/c1-10(19)23-15-14-13(25-18(21-3)16(15)24-11(2)20)9-22-17(26-14)12-7-5-4-6-8-12/h4-8,13-18H,9H2,1-3H3/t13-,14-,15+,16-,17-,18-/m1/s1. The molecule has 3 rings (SSSR count). The zero-order valence-electron chi connectivity index (χ0n) is 14.8. The van der Waals surface area contributed by atoms with Gasteiger partial charge in [0.2, 0.25) is 0 Å². The normalized spacial score (nSPS) is 33.8. The van der Waals surface area contributed by atoms with Crippen LogP contribution < -0.4 is 0 Å². The van der Waals surface area contributed by atoms with Gasteiger partial charge in [0.25, 0.3) is 0 Å². The Bertz CT molecular complexity index is 633. The van der Waals surface area contributed by atoms with Crippen molar-refractivity contribution >= 4 is 11.9 Å². The van der Waals surface area contributed by atoms with Crippen LogP contribution in [0.15, 0.2) is 30.3 Å². The lowest BCUT2D eigenvalue weighted by atomic mass is 9.97. The minimum Gasteiger partial charge on any atom is -0.455 e. The zero-order chi connectivity index (χ0) is 18.7. The maximum Gasteiger partial charge on any atom is 0.303 e. The largest absolute Gasteiger partial charge is 0.455 e. The molecule has 6 atom stereocenters. The summed E-state index contributed by atoms with van der Waals surface area (Å²) in [4.78, 5) is 23.1. The second-order valence-electron chi connectivity index (χ2n) is 6.10. The minimum atomic E-state index is -0.947. The van der Waals surface area contributed by atoms with Gasteiger partial charge in [-0.2, -0.15) is 0 Å². The van der Waals surface area contributed by atoms with Gasteiger partial charge in [0.15, 0.2) is 24.8 Å². The summed E-state index contributed by atoms with van der Waals surface area (Å²) in [6.07, 6.45) is -4.57. The summed E-state index contributed by atoms with van der Waals surface area (Å²) in [5, 5.41) is 0. The SMILES string of the molecule is CO[C@@H]1O[C@@H]2CO[C@@H](c3ccccc3)O[C@H]2[C@H](OC(C)=O)[C@H]1OC(C)=O. The zero-order valence-corrected chi connectivity index (χ0v) is 14.8. The second-order valence-corrected chi connectivity index (χ2v) is 6.10. The third-order valence-electron chi connectivity index (χ3n) is 4.19. The van der Waals surface area contributed by atoms with E-state index in [-0.39, 0.29) is 6.61 Å².